The maximum Gasteiger partial charge on any atom is 0.226 e. The smallest absolute Gasteiger partial charge is 0.226 e. The molecule has 31 heavy (non-hydrogen) atoms. The minimum atomic E-state index is -0.449. The van der Waals surface area contributed by atoms with Crippen LogP contribution < -0.4 is 14.8 Å². The number of aryl methyl sites for hydroxylation is 1. The van der Waals surface area contributed by atoms with Gasteiger partial charge >= 0.3 is 0 Å². The van der Waals surface area contributed by atoms with Crippen molar-refractivity contribution < 1.29 is 19.4 Å². The third-order valence-electron chi connectivity index (χ3n) is 7.79. The summed E-state index contributed by atoms with van der Waals surface area (Å²) in [6.07, 6.45) is 4.86. The second-order valence-corrected chi connectivity index (χ2v) is 9.48. The molecule has 0 saturated heterocycles. The Balaban J connectivity index is 1.57. The van der Waals surface area contributed by atoms with Gasteiger partial charge in [0.25, 0.3) is 0 Å². The van der Waals surface area contributed by atoms with Crippen LogP contribution in [-0.2, 0) is 23.2 Å². The molecule has 0 aromatic heterocycles. The molecule has 166 valence electrons. The number of benzene rings is 2. The monoisotopic (exact) mass is 423 g/mol. The molecule has 5 nitrogen and oxygen atoms in total. The number of phenolic OH excluding ortho intramolecular Hbond substituents is 1. The number of nitrogens with one attached hydrogen (secondary N) is 1. The van der Waals surface area contributed by atoms with Gasteiger partial charge in [0.2, 0.25) is 5.91 Å². The van der Waals surface area contributed by atoms with Crippen LogP contribution in [0.1, 0.15) is 56.2 Å². The molecule has 2 aromatic rings. The molecule has 0 heterocycles. The molecule has 3 atom stereocenters. The van der Waals surface area contributed by atoms with Gasteiger partial charge in [0.15, 0.2) is 0 Å². The topological polar surface area (TPSA) is 67.8 Å². The summed E-state index contributed by atoms with van der Waals surface area (Å²) in [5, 5.41) is 13.3. The van der Waals surface area contributed by atoms with Crippen molar-refractivity contribution in [1.29, 1.82) is 0 Å². The first-order chi connectivity index (χ1) is 14.8. The molecule has 1 saturated carbocycles. The van der Waals surface area contributed by atoms with Gasteiger partial charge in [-0.2, -0.15) is 0 Å². The minimum absolute atomic E-state index is 0.102. The van der Waals surface area contributed by atoms with Crippen molar-refractivity contribution in [2.24, 2.45) is 11.3 Å². The number of aromatic hydroxyl groups is 1. The van der Waals surface area contributed by atoms with Crippen LogP contribution in [0, 0.1) is 11.3 Å². The lowest BCUT2D eigenvalue weighted by atomic mass is 9.49. The Morgan fingerprint density at radius 2 is 1.94 bits per heavy atom. The molecule has 2 aliphatic carbocycles. The standard InChI is InChI=1S/C26H33NO4/c1-25-12-5-13-26(2,23(25)11-8-17-6-9-19(28)14-21(17)25)24(29)27-16-18-7-10-20(30-3)15-22(18)31-4/h6-7,9-10,14-15,23,28H,5,8,11-13,16H2,1-4H3,(H,27,29). The predicted octanol–water partition coefficient (Wildman–Crippen LogP) is 4.74. The van der Waals surface area contributed by atoms with Crippen molar-refractivity contribution in [3.8, 4) is 17.2 Å². The Hall–Kier alpha value is -2.69. The number of methoxy groups -OCH3 is 2. The summed E-state index contributed by atoms with van der Waals surface area (Å²) in [6.45, 7) is 4.83. The highest BCUT2D eigenvalue weighted by molar-refractivity contribution is 5.83. The van der Waals surface area contributed by atoms with E-state index in [1.54, 1.807) is 20.3 Å². The first-order valence-corrected chi connectivity index (χ1v) is 11.1. The zero-order valence-corrected chi connectivity index (χ0v) is 19.0. The molecule has 0 radical (unpaired) electrons. The molecule has 3 unspecified atom stereocenters. The highest BCUT2D eigenvalue weighted by Gasteiger charge is 2.54. The van der Waals surface area contributed by atoms with Crippen LogP contribution in [0.3, 0.4) is 0 Å². The number of carbonyl (C=O) groups is 1. The second kappa shape index (κ2) is 8.10. The van der Waals surface area contributed by atoms with E-state index in [0.29, 0.717) is 18.0 Å². The van der Waals surface area contributed by atoms with E-state index in [1.807, 2.05) is 30.3 Å². The quantitative estimate of drug-likeness (QED) is 0.729. The maximum absolute atomic E-state index is 13.6. The Morgan fingerprint density at radius 3 is 2.68 bits per heavy atom. The van der Waals surface area contributed by atoms with Crippen LogP contribution in [-0.4, -0.2) is 25.2 Å². The van der Waals surface area contributed by atoms with E-state index in [-0.39, 0.29) is 17.2 Å². The molecule has 2 aromatic carbocycles. The number of rotatable bonds is 5. The molecule has 5 heteroatoms. The molecule has 1 fully saturated rings. The van der Waals surface area contributed by atoms with E-state index in [2.05, 4.69) is 19.2 Å². The average molecular weight is 424 g/mol. The van der Waals surface area contributed by atoms with Gasteiger partial charge in [0.05, 0.1) is 19.6 Å². The first kappa shape index (κ1) is 21.5. The molecule has 2 aliphatic rings. The lowest BCUT2D eigenvalue weighted by Gasteiger charge is -2.54. The molecule has 0 bridgehead atoms. The van der Waals surface area contributed by atoms with Crippen molar-refractivity contribution in [2.75, 3.05) is 14.2 Å². The summed E-state index contributed by atoms with van der Waals surface area (Å²) >= 11 is 0. The van der Waals surface area contributed by atoms with Gasteiger partial charge in [-0.25, -0.2) is 0 Å². The first-order valence-electron chi connectivity index (χ1n) is 11.1. The van der Waals surface area contributed by atoms with Gasteiger partial charge < -0.3 is 19.9 Å². The Bertz CT molecular complexity index is 987. The summed E-state index contributed by atoms with van der Waals surface area (Å²) in [7, 11) is 3.25. The largest absolute Gasteiger partial charge is 0.508 e. The molecular formula is C26H33NO4. The van der Waals surface area contributed by atoms with Crippen molar-refractivity contribution >= 4 is 5.91 Å². The summed E-state index contributed by atoms with van der Waals surface area (Å²) in [4.78, 5) is 13.6. The summed E-state index contributed by atoms with van der Waals surface area (Å²) in [5.74, 6) is 2.08. The van der Waals surface area contributed by atoms with Gasteiger partial charge in [-0.15, -0.1) is 0 Å². The van der Waals surface area contributed by atoms with E-state index < -0.39 is 5.41 Å². The summed E-state index contributed by atoms with van der Waals surface area (Å²) in [6, 6.07) is 11.4. The Kier molecular flexibility index (Phi) is 5.63. The molecule has 1 amide bonds. The lowest BCUT2D eigenvalue weighted by molar-refractivity contribution is -0.139. The number of fused-ring (bicyclic) bond motifs is 3. The van der Waals surface area contributed by atoms with E-state index in [0.717, 1.165) is 43.4 Å². The molecule has 2 N–H and O–H groups in total. The Labute approximate surface area is 184 Å². The number of hydrogen-bond acceptors (Lipinski definition) is 4. The Morgan fingerprint density at radius 1 is 1.13 bits per heavy atom. The van der Waals surface area contributed by atoms with Gasteiger partial charge in [0.1, 0.15) is 17.2 Å². The molecule has 0 spiro atoms. The fraction of sp³-hybridized carbons (Fsp3) is 0.500. The highest BCUT2D eigenvalue weighted by Crippen LogP contribution is 2.57. The van der Waals surface area contributed by atoms with Crippen LogP contribution >= 0.6 is 0 Å². The lowest BCUT2D eigenvalue weighted by Crippen LogP contribution is -2.55. The van der Waals surface area contributed by atoms with Crippen LogP contribution in [0.15, 0.2) is 36.4 Å². The number of amides is 1. The average Bonchev–Trinajstić information content (AvgIpc) is 2.77. The fourth-order valence-corrected chi connectivity index (χ4v) is 6.09. The van der Waals surface area contributed by atoms with E-state index in [4.69, 9.17) is 9.47 Å². The summed E-state index contributed by atoms with van der Waals surface area (Å²) in [5.41, 5.74) is 2.91. The third kappa shape index (κ3) is 3.64. The highest BCUT2D eigenvalue weighted by atomic mass is 16.5. The van der Waals surface area contributed by atoms with Crippen LogP contribution in [0.4, 0.5) is 0 Å². The van der Waals surface area contributed by atoms with E-state index in [1.165, 1.54) is 11.1 Å². The normalized spacial score (nSPS) is 27.0. The van der Waals surface area contributed by atoms with Gasteiger partial charge in [-0.3, -0.25) is 4.79 Å². The van der Waals surface area contributed by atoms with Gasteiger partial charge in [-0.1, -0.05) is 26.3 Å². The number of carbonyl (C=O) groups excluding carboxylic acids is 1. The predicted molar refractivity (Wildman–Crippen MR) is 121 cm³/mol. The van der Waals surface area contributed by atoms with Crippen LogP contribution in [0.2, 0.25) is 0 Å². The van der Waals surface area contributed by atoms with Crippen LogP contribution in [0.25, 0.3) is 0 Å². The van der Waals surface area contributed by atoms with E-state index >= 15 is 0 Å². The number of ether oxygens (including phenoxy) is 2. The minimum Gasteiger partial charge on any atom is -0.508 e. The number of phenols is 1. The molecule has 0 aliphatic heterocycles. The van der Waals surface area contributed by atoms with Crippen LogP contribution in [0.5, 0.6) is 17.2 Å². The zero-order chi connectivity index (χ0) is 22.2. The van der Waals surface area contributed by atoms with Crippen molar-refractivity contribution in [3.05, 3.63) is 53.1 Å². The summed E-state index contributed by atoms with van der Waals surface area (Å²) < 4.78 is 10.8. The molecular weight excluding hydrogens is 390 g/mol. The fourth-order valence-electron chi connectivity index (χ4n) is 6.09. The van der Waals surface area contributed by atoms with E-state index in [9.17, 15) is 9.90 Å². The van der Waals surface area contributed by atoms with Gasteiger partial charge in [-0.05, 0) is 72.4 Å². The maximum atomic E-state index is 13.6. The molecule has 4 rings (SSSR count). The number of hydrogen-bond donors (Lipinski definition) is 2. The van der Waals surface area contributed by atoms with Crippen molar-refractivity contribution in [1.82, 2.24) is 5.32 Å². The zero-order valence-electron chi connectivity index (χ0n) is 19.0. The van der Waals surface area contributed by atoms with Crippen molar-refractivity contribution in [2.45, 2.75) is 57.9 Å². The SMILES string of the molecule is COc1ccc(CNC(=O)C2(C)CCCC3(C)c4cc(O)ccc4CCC23)c(OC)c1. The van der Waals surface area contributed by atoms with Crippen molar-refractivity contribution in [3.63, 3.8) is 0 Å². The third-order valence-corrected chi connectivity index (χ3v) is 7.79. The van der Waals surface area contributed by atoms with Gasteiger partial charge in [0, 0.05) is 18.2 Å². The second-order valence-electron chi connectivity index (χ2n) is 9.48.